The highest BCUT2D eigenvalue weighted by Gasteiger charge is 2.16. The first-order chi connectivity index (χ1) is 6.32. The van der Waals surface area contributed by atoms with Gasteiger partial charge in [-0.25, -0.2) is 8.42 Å². The van der Waals surface area contributed by atoms with Crippen molar-refractivity contribution in [2.75, 3.05) is 0 Å². The first kappa shape index (κ1) is 12.0. The molecule has 0 radical (unpaired) electrons. The number of hydrogen-bond acceptors (Lipinski definition) is 3. The first-order valence-corrected chi connectivity index (χ1v) is 6.74. The number of carbonyl (C=O) groups excluding carboxylic acids is 1. The molecule has 0 spiro atoms. The van der Waals surface area contributed by atoms with Gasteiger partial charge in [0, 0.05) is 20.7 Å². The Bertz CT molecular complexity index is 484. The van der Waals surface area contributed by atoms with Gasteiger partial charge in [0.05, 0.1) is 4.90 Å². The molecule has 0 aliphatic carbocycles. The maximum absolute atomic E-state index is 11.0. The van der Waals surface area contributed by atoms with E-state index in [-0.39, 0.29) is 14.9 Å². The molecule has 0 fully saturated rings. The Kier molecular flexibility index (Phi) is 3.58. The zero-order chi connectivity index (χ0) is 10.9. The molecule has 0 unspecified atom stereocenters. The van der Waals surface area contributed by atoms with Crippen LogP contribution in [-0.4, -0.2) is 13.7 Å². The van der Waals surface area contributed by atoms with Crippen molar-refractivity contribution in [2.45, 2.75) is 4.90 Å². The van der Waals surface area contributed by atoms with Crippen LogP contribution in [-0.2, 0) is 9.05 Å². The molecule has 1 aromatic rings. The molecule has 0 saturated carbocycles. The van der Waals surface area contributed by atoms with E-state index in [0.717, 1.165) is 6.07 Å². The lowest BCUT2D eigenvalue weighted by atomic mass is 10.2. The SMILES string of the molecule is O=C(Cl)c1ccc(Br)c(S(=O)(=O)Cl)c1. The van der Waals surface area contributed by atoms with Gasteiger partial charge in [-0.1, -0.05) is 0 Å². The lowest BCUT2D eigenvalue weighted by Gasteiger charge is -2.01. The van der Waals surface area contributed by atoms with Gasteiger partial charge >= 0.3 is 0 Å². The predicted octanol–water partition coefficient (Wildman–Crippen LogP) is 2.76. The maximum atomic E-state index is 11.0. The van der Waals surface area contributed by atoms with E-state index >= 15 is 0 Å². The Morgan fingerprint density at radius 1 is 1.36 bits per heavy atom. The van der Waals surface area contributed by atoms with E-state index in [4.69, 9.17) is 22.3 Å². The van der Waals surface area contributed by atoms with Gasteiger partial charge in [0.25, 0.3) is 14.3 Å². The Morgan fingerprint density at radius 2 is 1.93 bits per heavy atom. The fourth-order valence-electron chi connectivity index (χ4n) is 0.812. The molecule has 14 heavy (non-hydrogen) atoms. The van der Waals surface area contributed by atoms with E-state index in [1.165, 1.54) is 12.1 Å². The average molecular weight is 318 g/mol. The lowest BCUT2D eigenvalue weighted by molar-refractivity contribution is 0.108. The van der Waals surface area contributed by atoms with Gasteiger partial charge in [0.2, 0.25) is 0 Å². The van der Waals surface area contributed by atoms with Gasteiger partial charge < -0.3 is 0 Å². The summed E-state index contributed by atoms with van der Waals surface area (Å²) < 4.78 is 22.3. The van der Waals surface area contributed by atoms with Crippen molar-refractivity contribution in [1.29, 1.82) is 0 Å². The number of rotatable bonds is 2. The van der Waals surface area contributed by atoms with Crippen LogP contribution in [0.5, 0.6) is 0 Å². The van der Waals surface area contributed by atoms with Crippen LogP contribution in [0.2, 0.25) is 0 Å². The van der Waals surface area contributed by atoms with Crippen molar-refractivity contribution in [3.05, 3.63) is 28.2 Å². The summed E-state index contributed by atoms with van der Waals surface area (Å²) in [5.74, 6) is 0. The van der Waals surface area contributed by atoms with E-state index in [9.17, 15) is 13.2 Å². The molecule has 0 aliphatic heterocycles. The van der Waals surface area contributed by atoms with E-state index < -0.39 is 14.3 Å². The quantitative estimate of drug-likeness (QED) is 0.788. The molecular formula is C7H3BrCl2O3S. The van der Waals surface area contributed by atoms with Gasteiger partial charge in [-0.2, -0.15) is 0 Å². The smallest absolute Gasteiger partial charge is 0.262 e. The number of benzene rings is 1. The topological polar surface area (TPSA) is 51.2 Å². The molecular weight excluding hydrogens is 315 g/mol. The van der Waals surface area contributed by atoms with Crippen molar-refractivity contribution < 1.29 is 13.2 Å². The van der Waals surface area contributed by atoms with Crippen LogP contribution in [0.1, 0.15) is 10.4 Å². The number of halogens is 3. The minimum Gasteiger partial charge on any atom is -0.276 e. The maximum Gasteiger partial charge on any atom is 0.262 e. The van der Waals surface area contributed by atoms with E-state index in [0.29, 0.717) is 0 Å². The molecule has 0 bridgehead atoms. The van der Waals surface area contributed by atoms with Crippen molar-refractivity contribution >= 4 is 52.5 Å². The highest BCUT2D eigenvalue weighted by molar-refractivity contribution is 9.10. The van der Waals surface area contributed by atoms with Gasteiger partial charge in [-0.3, -0.25) is 4.79 Å². The van der Waals surface area contributed by atoms with Gasteiger partial charge in [0.15, 0.2) is 0 Å². The van der Waals surface area contributed by atoms with E-state index in [2.05, 4.69) is 15.9 Å². The third-order valence-corrected chi connectivity index (χ3v) is 3.95. The van der Waals surface area contributed by atoms with Crippen molar-refractivity contribution in [3.63, 3.8) is 0 Å². The Balaban J connectivity index is 3.44. The summed E-state index contributed by atoms with van der Waals surface area (Å²) >= 11 is 8.18. The third-order valence-electron chi connectivity index (χ3n) is 1.42. The second-order valence-electron chi connectivity index (χ2n) is 2.36. The normalized spacial score (nSPS) is 11.4. The van der Waals surface area contributed by atoms with Crippen molar-refractivity contribution in [2.24, 2.45) is 0 Å². The molecule has 0 aliphatic rings. The molecule has 0 heterocycles. The average Bonchev–Trinajstić information content (AvgIpc) is 2.02. The molecule has 0 aromatic heterocycles. The number of carbonyl (C=O) groups is 1. The fourth-order valence-corrected chi connectivity index (χ4v) is 3.05. The Labute approximate surface area is 98.6 Å². The fraction of sp³-hybridized carbons (Fsp3) is 0. The second-order valence-corrected chi connectivity index (χ2v) is 6.09. The second kappa shape index (κ2) is 4.18. The van der Waals surface area contributed by atoms with Crippen LogP contribution < -0.4 is 0 Å². The van der Waals surface area contributed by atoms with E-state index in [1.54, 1.807) is 0 Å². The van der Waals surface area contributed by atoms with Gasteiger partial charge in [0.1, 0.15) is 0 Å². The summed E-state index contributed by atoms with van der Waals surface area (Å²) in [6, 6.07) is 3.90. The van der Waals surface area contributed by atoms with Gasteiger partial charge in [-0.15, -0.1) is 0 Å². The molecule has 1 rings (SSSR count). The van der Waals surface area contributed by atoms with Crippen LogP contribution in [0.15, 0.2) is 27.6 Å². The van der Waals surface area contributed by atoms with Crippen molar-refractivity contribution in [3.8, 4) is 0 Å². The standard InChI is InChI=1S/C7H3BrCl2O3S/c8-5-2-1-4(7(9)11)3-6(5)14(10,12)13/h1-3H. The van der Waals surface area contributed by atoms with Crippen LogP contribution in [0, 0.1) is 0 Å². The predicted molar refractivity (Wildman–Crippen MR) is 57.4 cm³/mol. The molecule has 7 heteroatoms. The van der Waals surface area contributed by atoms with Gasteiger partial charge in [-0.05, 0) is 45.7 Å². The zero-order valence-corrected chi connectivity index (χ0v) is 10.4. The highest BCUT2D eigenvalue weighted by atomic mass is 79.9. The minimum atomic E-state index is -3.88. The molecule has 1 aromatic carbocycles. The monoisotopic (exact) mass is 316 g/mol. The summed E-state index contributed by atoms with van der Waals surface area (Å²) in [6.45, 7) is 0. The molecule has 76 valence electrons. The zero-order valence-electron chi connectivity index (χ0n) is 6.50. The summed E-state index contributed by atoms with van der Waals surface area (Å²) in [7, 11) is 1.25. The molecule has 0 atom stereocenters. The molecule has 0 amide bonds. The highest BCUT2D eigenvalue weighted by Crippen LogP contribution is 2.26. The largest absolute Gasteiger partial charge is 0.276 e. The van der Waals surface area contributed by atoms with Crippen LogP contribution in [0.4, 0.5) is 0 Å². The van der Waals surface area contributed by atoms with E-state index in [1.807, 2.05) is 0 Å². The molecule has 3 nitrogen and oxygen atoms in total. The van der Waals surface area contributed by atoms with Crippen LogP contribution in [0.3, 0.4) is 0 Å². The lowest BCUT2D eigenvalue weighted by Crippen LogP contribution is -1.96. The molecule has 0 N–H and O–H groups in total. The Hall–Kier alpha value is -0.100. The van der Waals surface area contributed by atoms with Crippen molar-refractivity contribution in [1.82, 2.24) is 0 Å². The summed E-state index contributed by atoms with van der Waals surface area (Å²) in [6.07, 6.45) is 0. The third kappa shape index (κ3) is 2.70. The van der Waals surface area contributed by atoms with Crippen LogP contribution in [0.25, 0.3) is 0 Å². The minimum absolute atomic E-state index is 0.0779. The Morgan fingerprint density at radius 3 is 2.36 bits per heavy atom. The van der Waals surface area contributed by atoms with Crippen LogP contribution >= 0.6 is 38.2 Å². The number of hydrogen-bond donors (Lipinski definition) is 0. The first-order valence-electron chi connectivity index (χ1n) is 3.26. The summed E-state index contributed by atoms with van der Waals surface area (Å²) in [5.41, 5.74) is 0.0779. The summed E-state index contributed by atoms with van der Waals surface area (Å²) in [5, 5.41) is -0.737. The summed E-state index contributed by atoms with van der Waals surface area (Å²) in [4.78, 5) is 10.6. The molecule has 0 saturated heterocycles.